The molecular weight excluding hydrogens is 487 g/mol. The number of hydrogen-bond acceptors (Lipinski definition) is 8. The Bertz CT molecular complexity index is 1370. The van der Waals surface area contributed by atoms with Gasteiger partial charge in [-0.25, -0.2) is 12.8 Å². The maximum Gasteiger partial charge on any atom is 0.238 e. The van der Waals surface area contributed by atoms with Gasteiger partial charge in [0.05, 0.1) is 28.3 Å². The number of thioether (sulfide) groups is 1. The lowest BCUT2D eigenvalue weighted by molar-refractivity contribution is -0.113. The largest absolute Gasteiger partial charge is 0.495 e. The Balaban J connectivity index is 1.61. The molecule has 170 valence electrons. The van der Waals surface area contributed by atoms with Crippen LogP contribution in [0.5, 0.6) is 5.75 Å². The number of carbonyl (C=O) groups is 1. The van der Waals surface area contributed by atoms with Crippen LogP contribution in [-0.4, -0.2) is 32.2 Å². The van der Waals surface area contributed by atoms with Crippen LogP contribution in [0.4, 0.5) is 10.1 Å². The summed E-state index contributed by atoms with van der Waals surface area (Å²) in [5.41, 5.74) is 0.488. The van der Waals surface area contributed by atoms with Crippen LogP contribution in [0.25, 0.3) is 10.8 Å². The van der Waals surface area contributed by atoms with Gasteiger partial charge in [-0.15, -0.1) is 11.3 Å². The predicted molar refractivity (Wildman–Crippen MR) is 124 cm³/mol. The monoisotopic (exact) mass is 504 g/mol. The molecule has 1 N–H and O–H groups in total. The number of thiophene rings is 1. The molecule has 0 fully saturated rings. The highest BCUT2D eigenvalue weighted by Crippen LogP contribution is 2.36. The van der Waals surface area contributed by atoms with E-state index in [9.17, 15) is 17.6 Å². The molecule has 2 heterocycles. The zero-order valence-electron chi connectivity index (χ0n) is 17.1. The number of benzene rings is 2. The van der Waals surface area contributed by atoms with Gasteiger partial charge in [-0.3, -0.25) is 4.79 Å². The van der Waals surface area contributed by atoms with Crippen LogP contribution >= 0.6 is 23.1 Å². The third kappa shape index (κ3) is 5.10. The number of aromatic nitrogens is 1. The number of rotatable bonds is 8. The number of nitrogens with one attached hydrogen (secondary N) is 1. The average Bonchev–Trinajstić information content (AvgIpc) is 3.49. The molecule has 0 bridgehead atoms. The molecule has 33 heavy (non-hydrogen) atoms. The van der Waals surface area contributed by atoms with Gasteiger partial charge in [0.2, 0.25) is 31.8 Å². The van der Waals surface area contributed by atoms with Gasteiger partial charge in [0, 0.05) is 0 Å². The second-order valence-electron chi connectivity index (χ2n) is 6.58. The van der Waals surface area contributed by atoms with Crippen molar-refractivity contribution in [3.8, 4) is 16.5 Å². The normalized spacial score (nSPS) is 11.3. The van der Waals surface area contributed by atoms with Crippen molar-refractivity contribution in [3.05, 3.63) is 71.9 Å². The molecule has 2 aromatic heterocycles. The van der Waals surface area contributed by atoms with E-state index in [-0.39, 0.29) is 32.6 Å². The first-order valence-electron chi connectivity index (χ1n) is 9.49. The highest BCUT2D eigenvalue weighted by atomic mass is 32.2. The van der Waals surface area contributed by atoms with Crippen molar-refractivity contribution in [2.24, 2.45) is 0 Å². The summed E-state index contributed by atoms with van der Waals surface area (Å²) >= 11 is 2.23. The van der Waals surface area contributed by atoms with Crippen LogP contribution in [-0.2, 0) is 14.6 Å². The first-order valence-corrected chi connectivity index (χ1v) is 12.8. The maximum absolute atomic E-state index is 13.3. The summed E-state index contributed by atoms with van der Waals surface area (Å²) in [6, 6.07) is 14.9. The number of nitrogens with zero attached hydrogens (tertiary/aromatic N) is 1. The number of methoxy groups -OCH3 is 1. The lowest BCUT2D eigenvalue weighted by Crippen LogP contribution is -2.15. The standard InChI is InChI=1S/C22H17FN2O5S3/c1-29-17-6-3-2-5-16(17)24-19(26)13-32-22-21(25-20(30-22)18-7-4-12-31-18)33(27,28)15-10-8-14(23)9-11-15/h2-12H,13H2,1H3,(H,24,26). The van der Waals surface area contributed by atoms with E-state index in [4.69, 9.17) is 9.15 Å². The summed E-state index contributed by atoms with van der Waals surface area (Å²) in [6.45, 7) is 0. The highest BCUT2D eigenvalue weighted by Gasteiger charge is 2.29. The zero-order valence-corrected chi connectivity index (χ0v) is 19.6. The van der Waals surface area contributed by atoms with E-state index in [0.717, 1.165) is 36.0 Å². The number of ether oxygens (including phenoxy) is 1. The fraction of sp³-hybridized carbons (Fsp3) is 0.0909. The average molecular weight is 505 g/mol. The number of hydrogen-bond donors (Lipinski definition) is 1. The Kier molecular flexibility index (Phi) is 6.82. The van der Waals surface area contributed by atoms with Gasteiger partial charge in [-0.1, -0.05) is 30.0 Å². The number of carbonyl (C=O) groups excluding carboxylic acids is 1. The molecule has 0 spiro atoms. The van der Waals surface area contributed by atoms with Gasteiger partial charge in [-0.2, -0.15) is 4.98 Å². The summed E-state index contributed by atoms with van der Waals surface area (Å²) in [7, 11) is -2.62. The Morgan fingerprint density at radius 1 is 1.15 bits per heavy atom. The second kappa shape index (κ2) is 9.77. The molecule has 0 saturated carbocycles. The van der Waals surface area contributed by atoms with Crippen molar-refractivity contribution in [1.29, 1.82) is 0 Å². The summed E-state index contributed by atoms with van der Waals surface area (Å²) in [6.07, 6.45) is 0. The molecule has 0 radical (unpaired) electrons. The van der Waals surface area contributed by atoms with E-state index in [0.29, 0.717) is 16.3 Å². The van der Waals surface area contributed by atoms with Crippen molar-refractivity contribution in [2.75, 3.05) is 18.2 Å². The van der Waals surface area contributed by atoms with Crippen LogP contribution < -0.4 is 10.1 Å². The molecule has 7 nitrogen and oxygen atoms in total. The maximum atomic E-state index is 13.3. The SMILES string of the molecule is COc1ccccc1NC(=O)CSc1oc(-c2cccs2)nc1S(=O)(=O)c1ccc(F)cc1. The summed E-state index contributed by atoms with van der Waals surface area (Å²) < 4.78 is 50.7. The van der Waals surface area contributed by atoms with Crippen LogP contribution in [0.3, 0.4) is 0 Å². The van der Waals surface area contributed by atoms with E-state index in [1.807, 2.05) is 0 Å². The van der Waals surface area contributed by atoms with E-state index < -0.39 is 15.7 Å². The number of amides is 1. The quantitative estimate of drug-likeness (QED) is 0.263. The molecule has 0 aliphatic rings. The van der Waals surface area contributed by atoms with Crippen LogP contribution in [0, 0.1) is 5.82 Å². The molecule has 1 amide bonds. The van der Waals surface area contributed by atoms with E-state index >= 15 is 0 Å². The molecule has 0 atom stereocenters. The van der Waals surface area contributed by atoms with Crippen molar-refractivity contribution < 1.29 is 26.8 Å². The molecule has 0 aliphatic heterocycles. The Hall–Kier alpha value is -3.15. The Morgan fingerprint density at radius 3 is 2.61 bits per heavy atom. The molecule has 0 aliphatic carbocycles. The zero-order chi connectivity index (χ0) is 23.4. The van der Waals surface area contributed by atoms with Crippen molar-refractivity contribution in [3.63, 3.8) is 0 Å². The molecule has 4 aromatic rings. The number of oxazole rings is 1. The van der Waals surface area contributed by atoms with E-state index in [1.165, 1.54) is 18.4 Å². The third-order valence-electron chi connectivity index (χ3n) is 4.39. The summed E-state index contributed by atoms with van der Waals surface area (Å²) in [4.78, 5) is 17.2. The first kappa shape index (κ1) is 23.0. The predicted octanol–water partition coefficient (Wildman–Crippen LogP) is 5.11. The molecule has 0 unspecified atom stereocenters. The van der Waals surface area contributed by atoms with Gasteiger partial charge in [0.1, 0.15) is 11.6 Å². The molecule has 11 heteroatoms. The van der Waals surface area contributed by atoms with Crippen LogP contribution in [0.15, 0.2) is 85.5 Å². The number of anilines is 1. The molecular formula is C22H17FN2O5S3. The van der Waals surface area contributed by atoms with Crippen molar-refractivity contribution in [2.45, 2.75) is 15.0 Å². The van der Waals surface area contributed by atoms with Crippen LogP contribution in [0.2, 0.25) is 0 Å². The lowest BCUT2D eigenvalue weighted by atomic mass is 10.3. The van der Waals surface area contributed by atoms with Crippen molar-refractivity contribution in [1.82, 2.24) is 4.98 Å². The lowest BCUT2D eigenvalue weighted by Gasteiger charge is -2.09. The summed E-state index contributed by atoms with van der Waals surface area (Å²) in [5.74, 6) is -0.462. The van der Waals surface area contributed by atoms with Gasteiger partial charge < -0.3 is 14.5 Å². The van der Waals surface area contributed by atoms with Gasteiger partial charge in [-0.05, 0) is 47.8 Å². The minimum absolute atomic E-state index is 0.0297. The van der Waals surface area contributed by atoms with Gasteiger partial charge >= 0.3 is 0 Å². The van der Waals surface area contributed by atoms with Gasteiger partial charge in [0.25, 0.3) is 0 Å². The topological polar surface area (TPSA) is 98.5 Å². The summed E-state index contributed by atoms with van der Waals surface area (Å²) in [5, 5.41) is 4.18. The van der Waals surface area contributed by atoms with E-state index in [2.05, 4.69) is 10.3 Å². The minimum Gasteiger partial charge on any atom is -0.495 e. The molecule has 2 aromatic carbocycles. The minimum atomic E-state index is -4.11. The number of halogens is 1. The molecule has 4 rings (SSSR count). The third-order valence-corrected chi connectivity index (χ3v) is 8.00. The second-order valence-corrected chi connectivity index (χ2v) is 10.3. The number of para-hydroxylation sites is 2. The smallest absolute Gasteiger partial charge is 0.238 e. The van der Waals surface area contributed by atoms with E-state index in [1.54, 1.807) is 41.8 Å². The fourth-order valence-corrected chi connectivity index (χ4v) is 5.83. The Morgan fingerprint density at radius 2 is 1.91 bits per heavy atom. The fourth-order valence-electron chi connectivity index (χ4n) is 2.85. The Labute approximate surface area is 197 Å². The number of sulfone groups is 1. The van der Waals surface area contributed by atoms with Crippen LogP contribution in [0.1, 0.15) is 0 Å². The molecule has 0 saturated heterocycles. The first-order chi connectivity index (χ1) is 15.9. The highest BCUT2D eigenvalue weighted by molar-refractivity contribution is 8.00. The van der Waals surface area contributed by atoms with Crippen molar-refractivity contribution >= 4 is 44.5 Å². The van der Waals surface area contributed by atoms with Gasteiger partial charge in [0.15, 0.2) is 0 Å².